The van der Waals surface area contributed by atoms with Crippen LogP contribution in [0.2, 0.25) is 0 Å². The van der Waals surface area contributed by atoms with Gasteiger partial charge in [-0.25, -0.2) is 9.37 Å². The summed E-state index contributed by atoms with van der Waals surface area (Å²) in [6, 6.07) is 8.62. The first kappa shape index (κ1) is 22.7. The minimum absolute atomic E-state index is 0.113. The van der Waals surface area contributed by atoms with Crippen LogP contribution in [0, 0.1) is 5.82 Å². The number of H-pyrrole nitrogens is 1. The van der Waals surface area contributed by atoms with Crippen molar-refractivity contribution >= 4 is 28.4 Å². The molecule has 0 radical (unpaired) electrons. The number of morpholine rings is 1. The molecule has 2 aromatic carbocycles. The molecule has 2 N–H and O–H groups in total. The number of hydrogen-bond acceptors (Lipinski definition) is 6. The van der Waals surface area contributed by atoms with Gasteiger partial charge in [0, 0.05) is 30.5 Å². The zero-order valence-electron chi connectivity index (χ0n) is 18.1. The molecule has 0 unspecified atom stereocenters. The minimum Gasteiger partial charge on any atom is -0.378 e. The summed E-state index contributed by atoms with van der Waals surface area (Å²) in [6.45, 7) is 2.12. The van der Waals surface area contributed by atoms with E-state index in [1.807, 2.05) is 4.90 Å². The number of rotatable bonds is 4. The quantitative estimate of drug-likeness (QED) is 0.419. The van der Waals surface area contributed by atoms with Crippen LogP contribution in [0.4, 0.5) is 29.1 Å². The molecule has 0 spiro atoms. The van der Waals surface area contributed by atoms with Gasteiger partial charge < -0.3 is 19.9 Å². The Morgan fingerprint density at radius 1 is 1.11 bits per heavy atom. The van der Waals surface area contributed by atoms with Gasteiger partial charge in [-0.05, 0) is 42.5 Å². The highest BCUT2D eigenvalue weighted by Gasteiger charge is 2.35. The number of anilines is 2. The standard InChI is InChI=1S/C23H18F4N6O2/c24-13-3-4-17(23(25,26)27)15(10-13)21-29-18-12-14(33-6-8-35-9-7-33)11-16(20(18)31-21)22(34)30-19-2-1-5-28-32-19/h1-5,10-12H,6-9H2,(H,29,31)(H,30,32,34). The third-order valence-electron chi connectivity index (χ3n) is 5.55. The molecule has 8 nitrogen and oxygen atoms in total. The van der Waals surface area contributed by atoms with Gasteiger partial charge in [0.2, 0.25) is 0 Å². The number of carbonyl (C=O) groups excluding carboxylic acids is 1. The number of benzene rings is 2. The van der Waals surface area contributed by atoms with E-state index in [1.54, 1.807) is 24.3 Å². The number of aromatic amines is 1. The lowest BCUT2D eigenvalue weighted by molar-refractivity contribution is -0.137. The number of hydrogen-bond donors (Lipinski definition) is 2. The Kier molecular flexibility index (Phi) is 5.81. The third-order valence-corrected chi connectivity index (χ3v) is 5.55. The Morgan fingerprint density at radius 2 is 1.91 bits per heavy atom. The van der Waals surface area contributed by atoms with Crippen molar-refractivity contribution in [3.8, 4) is 11.4 Å². The fourth-order valence-electron chi connectivity index (χ4n) is 3.92. The molecule has 0 aliphatic carbocycles. The lowest BCUT2D eigenvalue weighted by Gasteiger charge is -2.29. The molecule has 0 atom stereocenters. The van der Waals surface area contributed by atoms with E-state index < -0.39 is 29.0 Å². The average Bonchev–Trinajstić information content (AvgIpc) is 3.28. The number of nitrogens with zero attached hydrogens (tertiary/aromatic N) is 4. The summed E-state index contributed by atoms with van der Waals surface area (Å²) in [5, 5.41) is 10.2. The van der Waals surface area contributed by atoms with Gasteiger partial charge in [-0.15, -0.1) is 5.10 Å². The molecular formula is C23H18F4N6O2. The van der Waals surface area contributed by atoms with Crippen LogP contribution < -0.4 is 10.2 Å². The Morgan fingerprint density at radius 3 is 2.63 bits per heavy atom. The van der Waals surface area contributed by atoms with Crippen LogP contribution in [0.15, 0.2) is 48.7 Å². The lowest BCUT2D eigenvalue weighted by Crippen LogP contribution is -2.36. The first-order valence-corrected chi connectivity index (χ1v) is 10.6. The smallest absolute Gasteiger partial charge is 0.378 e. The molecule has 35 heavy (non-hydrogen) atoms. The normalized spacial score (nSPS) is 14.3. The number of halogens is 4. The molecule has 180 valence electrons. The van der Waals surface area contributed by atoms with E-state index in [9.17, 15) is 22.4 Å². The topological polar surface area (TPSA) is 96.0 Å². The Hall–Kier alpha value is -4.06. The van der Waals surface area contributed by atoms with Gasteiger partial charge in [-0.1, -0.05) is 0 Å². The molecule has 0 bridgehead atoms. The van der Waals surface area contributed by atoms with Gasteiger partial charge >= 0.3 is 6.18 Å². The average molecular weight is 486 g/mol. The minimum atomic E-state index is -4.73. The Balaban J connectivity index is 1.65. The monoisotopic (exact) mass is 486 g/mol. The highest BCUT2D eigenvalue weighted by Crippen LogP contribution is 2.38. The molecule has 4 aromatic rings. The van der Waals surface area contributed by atoms with Crippen LogP contribution in [0.3, 0.4) is 0 Å². The predicted octanol–water partition coefficient (Wildman–Crippen LogP) is 4.27. The van der Waals surface area contributed by atoms with Crippen LogP contribution in [-0.4, -0.2) is 52.4 Å². The molecule has 0 saturated carbocycles. The van der Waals surface area contributed by atoms with Crippen LogP contribution >= 0.6 is 0 Å². The van der Waals surface area contributed by atoms with Gasteiger partial charge in [0.15, 0.2) is 5.82 Å². The van der Waals surface area contributed by atoms with E-state index in [2.05, 4.69) is 25.5 Å². The number of alkyl halides is 3. The maximum atomic E-state index is 13.9. The molecule has 2 aromatic heterocycles. The number of amides is 1. The molecule has 1 fully saturated rings. The van der Waals surface area contributed by atoms with Gasteiger partial charge in [0.05, 0.1) is 29.9 Å². The molecule has 1 aliphatic rings. The van der Waals surface area contributed by atoms with Crippen LogP contribution in [0.1, 0.15) is 15.9 Å². The van der Waals surface area contributed by atoms with Crippen LogP contribution in [0.25, 0.3) is 22.4 Å². The van der Waals surface area contributed by atoms with Crippen molar-refractivity contribution < 1.29 is 27.1 Å². The zero-order valence-corrected chi connectivity index (χ0v) is 18.1. The van der Waals surface area contributed by atoms with Crippen molar-refractivity contribution in [1.82, 2.24) is 20.2 Å². The number of aromatic nitrogens is 4. The van der Waals surface area contributed by atoms with Crippen molar-refractivity contribution in [2.24, 2.45) is 0 Å². The van der Waals surface area contributed by atoms with Crippen molar-refractivity contribution in [3.05, 3.63) is 65.6 Å². The zero-order chi connectivity index (χ0) is 24.6. The molecule has 1 amide bonds. The molecule has 1 saturated heterocycles. The first-order valence-electron chi connectivity index (χ1n) is 10.6. The summed E-state index contributed by atoms with van der Waals surface area (Å²) in [4.78, 5) is 22.3. The molecule has 1 aliphatic heterocycles. The number of imidazole rings is 1. The van der Waals surface area contributed by atoms with E-state index in [0.717, 1.165) is 12.1 Å². The van der Waals surface area contributed by atoms with E-state index in [1.165, 1.54) is 6.20 Å². The summed E-state index contributed by atoms with van der Waals surface area (Å²) in [5.74, 6) is -1.43. The number of carbonyl (C=O) groups is 1. The molecule has 5 rings (SSSR count). The van der Waals surface area contributed by atoms with Gasteiger partial charge in [-0.2, -0.15) is 18.3 Å². The fourth-order valence-corrected chi connectivity index (χ4v) is 3.92. The summed E-state index contributed by atoms with van der Waals surface area (Å²) in [6.07, 6.45) is -3.28. The van der Waals surface area contributed by atoms with Gasteiger partial charge in [0.1, 0.15) is 17.2 Å². The Labute approximate surface area is 195 Å². The third kappa shape index (κ3) is 4.64. The van der Waals surface area contributed by atoms with E-state index in [4.69, 9.17) is 4.74 Å². The second-order valence-corrected chi connectivity index (χ2v) is 7.83. The predicted molar refractivity (Wildman–Crippen MR) is 120 cm³/mol. The number of ether oxygens (including phenoxy) is 1. The SMILES string of the molecule is O=C(Nc1cccnn1)c1cc(N2CCOCC2)cc2[nH]c(-c3cc(F)ccc3C(F)(F)F)nc12. The lowest BCUT2D eigenvalue weighted by atomic mass is 10.1. The van der Waals surface area contributed by atoms with E-state index >= 15 is 0 Å². The second kappa shape index (κ2) is 8.95. The second-order valence-electron chi connectivity index (χ2n) is 7.83. The number of fused-ring (bicyclic) bond motifs is 1. The molecule has 12 heteroatoms. The highest BCUT2D eigenvalue weighted by molar-refractivity contribution is 6.12. The van der Waals surface area contributed by atoms with E-state index in [0.29, 0.717) is 43.6 Å². The van der Waals surface area contributed by atoms with Crippen LogP contribution in [0.5, 0.6) is 0 Å². The van der Waals surface area contributed by atoms with Crippen LogP contribution in [-0.2, 0) is 10.9 Å². The highest BCUT2D eigenvalue weighted by atomic mass is 19.4. The first-order chi connectivity index (χ1) is 16.8. The summed E-state index contributed by atoms with van der Waals surface area (Å²) >= 11 is 0. The van der Waals surface area contributed by atoms with Gasteiger partial charge in [-0.3, -0.25) is 4.79 Å². The maximum absolute atomic E-state index is 13.9. The van der Waals surface area contributed by atoms with Gasteiger partial charge in [0.25, 0.3) is 5.91 Å². The Bertz CT molecular complexity index is 1380. The largest absolute Gasteiger partial charge is 0.417 e. The fraction of sp³-hybridized carbons (Fsp3) is 0.217. The summed E-state index contributed by atoms with van der Waals surface area (Å²) in [5.41, 5.74) is -0.266. The van der Waals surface area contributed by atoms with E-state index in [-0.39, 0.29) is 22.7 Å². The van der Waals surface area contributed by atoms with Crippen molar-refractivity contribution in [1.29, 1.82) is 0 Å². The summed E-state index contributed by atoms with van der Waals surface area (Å²) < 4.78 is 60.2. The molecular weight excluding hydrogens is 468 g/mol. The summed E-state index contributed by atoms with van der Waals surface area (Å²) in [7, 11) is 0. The molecule has 3 heterocycles. The maximum Gasteiger partial charge on any atom is 0.417 e. The van der Waals surface area contributed by atoms with Crippen molar-refractivity contribution in [3.63, 3.8) is 0 Å². The van der Waals surface area contributed by atoms with Crippen molar-refractivity contribution in [2.45, 2.75) is 6.18 Å². The number of nitrogens with one attached hydrogen (secondary N) is 2. The van der Waals surface area contributed by atoms with Crippen molar-refractivity contribution in [2.75, 3.05) is 36.5 Å².